The number of nitro benzene ring substituents is 1. The van der Waals surface area contributed by atoms with E-state index in [1.165, 1.54) is 23.0 Å². The lowest BCUT2D eigenvalue weighted by Crippen LogP contribution is -2.38. The first-order valence-corrected chi connectivity index (χ1v) is 15.5. The van der Waals surface area contributed by atoms with E-state index in [0.29, 0.717) is 43.7 Å². The summed E-state index contributed by atoms with van der Waals surface area (Å²) < 4.78 is 8.12. The largest absolute Gasteiger partial charge is 0.489 e. The average molecular weight is 641 g/mol. The molecule has 0 fully saturated rings. The Morgan fingerprint density at radius 3 is 2.61 bits per heavy atom. The number of aromatic nitrogens is 1. The van der Waals surface area contributed by atoms with Crippen LogP contribution in [0.25, 0.3) is 11.8 Å². The minimum Gasteiger partial charge on any atom is -0.489 e. The van der Waals surface area contributed by atoms with Crippen molar-refractivity contribution < 1.29 is 9.66 Å². The first-order chi connectivity index (χ1) is 21.4. The van der Waals surface area contributed by atoms with Crippen molar-refractivity contribution in [2.24, 2.45) is 4.99 Å². The Morgan fingerprint density at radius 2 is 1.82 bits per heavy atom. The molecule has 7 rings (SSSR count). The second-order valence-electron chi connectivity index (χ2n) is 10.6. The molecule has 1 aliphatic carbocycles. The molecule has 0 saturated heterocycles. The third-order valence-electron chi connectivity index (χ3n) is 7.86. The Bertz CT molecular complexity index is 2170. The van der Waals surface area contributed by atoms with Crippen LogP contribution < -0.4 is 19.6 Å². The Labute approximate surface area is 265 Å². The molecule has 0 N–H and O–H groups in total. The first kappa shape index (κ1) is 28.3. The van der Waals surface area contributed by atoms with Crippen molar-refractivity contribution in [1.29, 1.82) is 0 Å². The van der Waals surface area contributed by atoms with Crippen LogP contribution in [0.5, 0.6) is 5.75 Å². The topological polar surface area (TPSA) is 86.7 Å². The molecule has 0 saturated carbocycles. The lowest BCUT2D eigenvalue weighted by molar-refractivity contribution is -0.384. The van der Waals surface area contributed by atoms with Gasteiger partial charge in [-0.05, 0) is 65.4 Å². The molecule has 2 heterocycles. The summed E-state index contributed by atoms with van der Waals surface area (Å²) in [5, 5.41) is 12.8. The van der Waals surface area contributed by atoms with E-state index in [4.69, 9.17) is 32.9 Å². The summed E-state index contributed by atoms with van der Waals surface area (Å²) in [6, 6.07) is 26.9. The van der Waals surface area contributed by atoms with Crippen LogP contribution in [0.4, 0.5) is 5.69 Å². The highest BCUT2D eigenvalue weighted by molar-refractivity contribution is 7.07. The van der Waals surface area contributed by atoms with E-state index in [2.05, 4.69) is 12.1 Å². The van der Waals surface area contributed by atoms with E-state index >= 15 is 0 Å². The maximum atomic E-state index is 14.0. The van der Waals surface area contributed by atoms with Crippen LogP contribution in [0.2, 0.25) is 10.0 Å². The van der Waals surface area contributed by atoms with E-state index in [-0.39, 0.29) is 11.2 Å². The van der Waals surface area contributed by atoms with Crippen molar-refractivity contribution in [2.45, 2.75) is 25.5 Å². The highest BCUT2D eigenvalue weighted by Gasteiger charge is 2.33. The highest BCUT2D eigenvalue weighted by atomic mass is 35.5. The number of aryl methyl sites for hydroxylation is 1. The molecular formula is C34H23Cl2N3O4S. The van der Waals surface area contributed by atoms with E-state index in [0.717, 1.165) is 34.4 Å². The molecule has 1 aliphatic heterocycles. The van der Waals surface area contributed by atoms with Crippen LogP contribution >= 0.6 is 34.5 Å². The number of rotatable bonds is 6. The van der Waals surface area contributed by atoms with Gasteiger partial charge in [0.1, 0.15) is 12.4 Å². The quantitative estimate of drug-likeness (QED) is 0.146. The third kappa shape index (κ3) is 5.26. The molecule has 0 amide bonds. The van der Waals surface area contributed by atoms with E-state index in [9.17, 15) is 14.9 Å². The number of allylic oxidation sites excluding steroid dienone is 1. The number of hydrogen-bond donors (Lipinski definition) is 0. The lowest BCUT2D eigenvalue weighted by Gasteiger charge is -2.30. The smallest absolute Gasteiger partial charge is 0.271 e. The van der Waals surface area contributed by atoms with Gasteiger partial charge in [-0.1, -0.05) is 89.1 Å². The van der Waals surface area contributed by atoms with Crippen molar-refractivity contribution in [2.75, 3.05) is 0 Å². The molecule has 5 aromatic rings. The number of benzene rings is 4. The first-order valence-electron chi connectivity index (χ1n) is 13.9. The number of thiazole rings is 1. The SMILES string of the molecule is O=c1/c(=C\c2ccc(OCc3ccc(Cl)cc3Cl)cc2)sc2n1[C@H](c1cccc([N+](=O)[O-])c1)C1=C(N=2)c2ccccc2CC1. The van der Waals surface area contributed by atoms with Gasteiger partial charge in [0.05, 0.1) is 21.2 Å². The molecule has 218 valence electrons. The second-order valence-corrected chi connectivity index (χ2v) is 12.4. The maximum absolute atomic E-state index is 14.0. The summed E-state index contributed by atoms with van der Waals surface area (Å²) in [7, 11) is 0. The summed E-state index contributed by atoms with van der Waals surface area (Å²) in [4.78, 5) is 30.8. The van der Waals surface area contributed by atoms with Crippen LogP contribution in [0.1, 0.15) is 40.3 Å². The fraction of sp³-hybridized carbons (Fsp3) is 0.118. The molecule has 0 spiro atoms. The Morgan fingerprint density at radius 1 is 1.00 bits per heavy atom. The zero-order valence-corrected chi connectivity index (χ0v) is 25.4. The van der Waals surface area contributed by atoms with Crippen LogP contribution in [-0.4, -0.2) is 9.49 Å². The van der Waals surface area contributed by atoms with E-state index in [1.807, 2.05) is 54.6 Å². The fourth-order valence-corrected chi connectivity index (χ4v) is 7.21. The zero-order chi connectivity index (χ0) is 30.4. The summed E-state index contributed by atoms with van der Waals surface area (Å²) in [5.41, 5.74) is 6.22. The van der Waals surface area contributed by atoms with Gasteiger partial charge in [-0.25, -0.2) is 4.99 Å². The van der Waals surface area contributed by atoms with Crippen LogP contribution in [0.15, 0.2) is 106 Å². The standard InChI is InChI=1S/C34H23Cl2N3O4S/c35-24-12-10-23(29(36)18-24)19-43-26-13-8-20(9-14-26)16-30-33(40)38-32(22-5-3-6-25(17-22)39(41)42)28-15-11-21-4-1-2-7-27(21)31(28)37-34(38)44-30/h1-10,12-14,16-18,32H,11,15,19H2/b30-16+/t32-/m1/s1. The number of hydrogen-bond acceptors (Lipinski definition) is 6. The number of nitrogens with zero attached hydrogens (tertiary/aromatic N) is 3. The molecule has 44 heavy (non-hydrogen) atoms. The maximum Gasteiger partial charge on any atom is 0.271 e. The zero-order valence-electron chi connectivity index (χ0n) is 23.1. The summed E-state index contributed by atoms with van der Waals surface area (Å²) in [6.45, 7) is 0.291. The van der Waals surface area contributed by atoms with Gasteiger partial charge in [0.15, 0.2) is 4.80 Å². The van der Waals surface area contributed by atoms with Gasteiger partial charge in [-0.15, -0.1) is 0 Å². The van der Waals surface area contributed by atoms with Gasteiger partial charge in [-0.2, -0.15) is 0 Å². The third-order valence-corrected chi connectivity index (χ3v) is 9.43. The van der Waals surface area contributed by atoms with Crippen LogP contribution in [0.3, 0.4) is 0 Å². The van der Waals surface area contributed by atoms with Crippen LogP contribution in [-0.2, 0) is 13.0 Å². The average Bonchev–Trinajstić information content (AvgIpc) is 3.34. The van der Waals surface area contributed by atoms with Gasteiger partial charge < -0.3 is 4.74 Å². The van der Waals surface area contributed by atoms with Gasteiger partial charge in [-0.3, -0.25) is 19.5 Å². The molecule has 7 nitrogen and oxygen atoms in total. The highest BCUT2D eigenvalue weighted by Crippen LogP contribution is 2.41. The number of non-ortho nitro benzene ring substituents is 1. The molecule has 10 heteroatoms. The number of ether oxygens (including phenoxy) is 1. The molecule has 1 atom stereocenters. The van der Waals surface area contributed by atoms with Gasteiger partial charge in [0.2, 0.25) is 0 Å². The number of fused-ring (bicyclic) bond motifs is 3. The molecule has 0 unspecified atom stereocenters. The lowest BCUT2D eigenvalue weighted by atomic mass is 9.83. The van der Waals surface area contributed by atoms with Crippen molar-refractivity contribution in [3.05, 3.63) is 164 Å². The second kappa shape index (κ2) is 11.5. The molecule has 4 aromatic carbocycles. The predicted octanol–water partition coefficient (Wildman–Crippen LogP) is 7.11. The predicted molar refractivity (Wildman–Crippen MR) is 173 cm³/mol. The molecular weight excluding hydrogens is 617 g/mol. The summed E-state index contributed by atoms with van der Waals surface area (Å²) in [5.74, 6) is 0.659. The van der Waals surface area contributed by atoms with Crippen molar-refractivity contribution in [3.63, 3.8) is 0 Å². The van der Waals surface area contributed by atoms with Crippen molar-refractivity contribution in [3.8, 4) is 5.75 Å². The Balaban J connectivity index is 1.28. The molecule has 2 aliphatic rings. The van der Waals surface area contributed by atoms with Gasteiger partial charge in [0.25, 0.3) is 11.2 Å². The summed E-state index contributed by atoms with van der Waals surface area (Å²) >= 11 is 13.6. The molecule has 0 radical (unpaired) electrons. The molecule has 0 bridgehead atoms. The minimum absolute atomic E-state index is 0.0133. The summed E-state index contributed by atoms with van der Waals surface area (Å²) in [6.07, 6.45) is 3.35. The van der Waals surface area contributed by atoms with Crippen molar-refractivity contribution >= 4 is 52.0 Å². The fourth-order valence-electron chi connectivity index (χ4n) is 5.74. The normalized spacial score (nSPS) is 15.7. The Kier molecular flexibility index (Phi) is 7.42. The minimum atomic E-state index is -0.493. The monoisotopic (exact) mass is 639 g/mol. The Hall–Kier alpha value is -4.50. The van der Waals surface area contributed by atoms with E-state index < -0.39 is 11.0 Å². The van der Waals surface area contributed by atoms with Gasteiger partial charge in [0, 0.05) is 33.3 Å². The molecule has 1 aromatic heterocycles. The van der Waals surface area contributed by atoms with Gasteiger partial charge >= 0.3 is 0 Å². The van der Waals surface area contributed by atoms with Crippen molar-refractivity contribution in [1.82, 2.24) is 4.57 Å². The number of nitro groups is 1. The van der Waals surface area contributed by atoms with Crippen LogP contribution in [0, 0.1) is 10.1 Å². The van der Waals surface area contributed by atoms with E-state index in [1.54, 1.807) is 28.8 Å². The number of halogens is 2.